The molecule has 1 unspecified atom stereocenters. The van der Waals surface area contributed by atoms with E-state index in [2.05, 4.69) is 23.2 Å². The number of rotatable bonds is 4. The fourth-order valence-corrected chi connectivity index (χ4v) is 4.39. The van der Waals surface area contributed by atoms with Crippen LogP contribution in [0.5, 0.6) is 0 Å². The first kappa shape index (κ1) is 16.0. The molecule has 1 aromatic heterocycles. The number of nitrogens with one attached hydrogen (secondary N) is 1. The maximum absolute atomic E-state index is 12.1. The van der Waals surface area contributed by atoms with E-state index in [-0.39, 0.29) is 5.91 Å². The number of thioether (sulfide) groups is 1. The molecule has 0 spiro atoms. The summed E-state index contributed by atoms with van der Waals surface area (Å²) in [5, 5.41) is 13.6. The molecule has 114 valence electrons. The van der Waals surface area contributed by atoms with Crippen molar-refractivity contribution in [2.75, 3.05) is 36.0 Å². The number of nitrogens with zero attached hydrogens (tertiary/aromatic N) is 2. The summed E-state index contributed by atoms with van der Waals surface area (Å²) in [6.07, 6.45) is 0.871. The highest BCUT2D eigenvalue weighted by molar-refractivity contribution is 8.00. The van der Waals surface area contributed by atoms with Gasteiger partial charge < -0.3 is 16.0 Å². The Bertz CT molecular complexity index is 564. The van der Waals surface area contributed by atoms with Gasteiger partial charge in [0.2, 0.25) is 0 Å². The highest BCUT2D eigenvalue weighted by Gasteiger charge is 2.26. The van der Waals surface area contributed by atoms with Crippen LogP contribution >= 0.6 is 23.1 Å². The van der Waals surface area contributed by atoms with E-state index in [1.807, 2.05) is 18.7 Å². The molecule has 1 saturated heterocycles. The van der Waals surface area contributed by atoms with Crippen molar-refractivity contribution < 1.29 is 4.79 Å². The van der Waals surface area contributed by atoms with E-state index in [9.17, 15) is 10.1 Å². The lowest BCUT2D eigenvalue weighted by Gasteiger charge is -2.31. The van der Waals surface area contributed by atoms with Crippen LogP contribution in [0.3, 0.4) is 0 Å². The van der Waals surface area contributed by atoms with Crippen molar-refractivity contribution in [1.29, 1.82) is 5.26 Å². The van der Waals surface area contributed by atoms with Gasteiger partial charge in [-0.15, -0.1) is 11.3 Å². The molecule has 0 aliphatic carbocycles. The second-order valence-corrected chi connectivity index (χ2v) is 7.57. The zero-order valence-corrected chi connectivity index (χ0v) is 13.9. The monoisotopic (exact) mass is 324 g/mol. The number of carbonyl (C=O) groups is 1. The molecular weight excluding hydrogens is 304 g/mol. The maximum Gasteiger partial charge on any atom is 0.263 e. The highest BCUT2D eigenvalue weighted by Crippen LogP contribution is 2.39. The van der Waals surface area contributed by atoms with Crippen LogP contribution in [0.15, 0.2) is 0 Å². The van der Waals surface area contributed by atoms with Gasteiger partial charge in [0.1, 0.15) is 21.5 Å². The Hall–Kier alpha value is -1.39. The van der Waals surface area contributed by atoms with Crippen LogP contribution < -0.4 is 16.0 Å². The Labute approximate surface area is 133 Å². The largest absolute Gasteiger partial charge is 0.396 e. The van der Waals surface area contributed by atoms with E-state index in [4.69, 9.17) is 5.73 Å². The molecule has 3 N–H and O–H groups in total. The van der Waals surface area contributed by atoms with Gasteiger partial charge >= 0.3 is 0 Å². The third-order valence-electron chi connectivity index (χ3n) is 3.31. The summed E-state index contributed by atoms with van der Waals surface area (Å²) in [6.45, 7) is 6.56. The Morgan fingerprint density at radius 3 is 3.00 bits per heavy atom. The molecule has 0 saturated carbocycles. The molecule has 2 heterocycles. The minimum absolute atomic E-state index is 0.179. The second kappa shape index (κ2) is 7.05. The molecule has 1 aromatic rings. The molecule has 7 heteroatoms. The maximum atomic E-state index is 12.1. The van der Waals surface area contributed by atoms with Gasteiger partial charge in [0.05, 0.1) is 5.69 Å². The van der Waals surface area contributed by atoms with Crippen LogP contribution in [0.25, 0.3) is 0 Å². The first-order valence-electron chi connectivity index (χ1n) is 7.05. The zero-order valence-electron chi connectivity index (χ0n) is 12.3. The Morgan fingerprint density at radius 2 is 2.38 bits per heavy atom. The second-order valence-electron chi connectivity index (χ2n) is 5.02. The quantitative estimate of drug-likeness (QED) is 0.888. The van der Waals surface area contributed by atoms with Gasteiger partial charge in [-0.2, -0.15) is 17.0 Å². The standard InChI is InChI=1S/C14H20N4OS2/c1-3-4-17-13(19)12-11(16)10(7-15)14(21-12)18-5-6-20-9(2)8-18/h9H,3-6,8,16H2,1-2H3,(H,17,19). The van der Waals surface area contributed by atoms with Gasteiger partial charge in [0.25, 0.3) is 5.91 Å². The van der Waals surface area contributed by atoms with Crippen molar-refractivity contribution in [3.63, 3.8) is 0 Å². The Kier molecular flexibility index (Phi) is 5.37. The third-order valence-corrected chi connectivity index (χ3v) is 5.71. The Morgan fingerprint density at radius 1 is 1.62 bits per heavy atom. The van der Waals surface area contributed by atoms with Crippen LogP contribution in [0, 0.1) is 11.3 Å². The van der Waals surface area contributed by atoms with Gasteiger partial charge in [-0.1, -0.05) is 13.8 Å². The van der Waals surface area contributed by atoms with Crippen LogP contribution in [0.4, 0.5) is 10.7 Å². The number of thiophene rings is 1. The van der Waals surface area contributed by atoms with Gasteiger partial charge in [-0.05, 0) is 6.42 Å². The number of nitrogen functional groups attached to an aromatic ring is 1. The first-order valence-corrected chi connectivity index (χ1v) is 8.92. The predicted molar refractivity (Wildman–Crippen MR) is 90.2 cm³/mol. The minimum Gasteiger partial charge on any atom is -0.396 e. The van der Waals surface area contributed by atoms with E-state index in [0.29, 0.717) is 27.9 Å². The molecular formula is C14H20N4OS2. The van der Waals surface area contributed by atoms with Crippen LogP contribution in [0.1, 0.15) is 35.5 Å². The number of carbonyl (C=O) groups excluding carboxylic acids is 1. The van der Waals surface area contributed by atoms with Crippen LogP contribution in [0.2, 0.25) is 0 Å². The number of nitriles is 1. The summed E-state index contributed by atoms with van der Waals surface area (Å²) >= 11 is 3.26. The number of anilines is 2. The van der Waals surface area contributed by atoms with E-state index >= 15 is 0 Å². The van der Waals surface area contributed by atoms with E-state index in [1.165, 1.54) is 11.3 Å². The van der Waals surface area contributed by atoms with Crippen molar-refractivity contribution in [3.05, 3.63) is 10.4 Å². The summed E-state index contributed by atoms with van der Waals surface area (Å²) < 4.78 is 0. The van der Waals surface area contributed by atoms with Crippen molar-refractivity contribution in [1.82, 2.24) is 5.32 Å². The number of nitrogens with two attached hydrogens (primary N) is 1. The molecule has 2 rings (SSSR count). The number of amides is 1. The summed E-state index contributed by atoms with van der Waals surface area (Å²) in [4.78, 5) is 14.8. The fourth-order valence-electron chi connectivity index (χ4n) is 2.25. The Balaban J connectivity index is 2.30. The summed E-state index contributed by atoms with van der Waals surface area (Å²) in [5.74, 6) is 0.850. The average Bonchev–Trinajstić information content (AvgIpc) is 2.81. The highest BCUT2D eigenvalue weighted by atomic mass is 32.2. The molecule has 1 aliphatic heterocycles. The van der Waals surface area contributed by atoms with Crippen molar-refractivity contribution in [3.8, 4) is 6.07 Å². The lowest BCUT2D eigenvalue weighted by molar-refractivity contribution is 0.0958. The third kappa shape index (κ3) is 3.44. The minimum atomic E-state index is -0.179. The number of hydrogen-bond donors (Lipinski definition) is 2. The zero-order chi connectivity index (χ0) is 15.4. The normalized spacial score (nSPS) is 18.3. The average molecular weight is 324 g/mol. The van der Waals surface area contributed by atoms with Crippen molar-refractivity contribution >= 4 is 39.7 Å². The fraction of sp³-hybridized carbons (Fsp3) is 0.571. The smallest absolute Gasteiger partial charge is 0.263 e. The molecule has 1 aliphatic rings. The molecule has 21 heavy (non-hydrogen) atoms. The van der Waals surface area contributed by atoms with Crippen LogP contribution in [-0.4, -0.2) is 36.5 Å². The molecule has 0 aromatic carbocycles. The molecule has 1 fully saturated rings. The molecule has 0 radical (unpaired) electrons. The summed E-state index contributed by atoms with van der Waals surface area (Å²) in [6, 6.07) is 2.16. The molecule has 1 amide bonds. The first-order chi connectivity index (χ1) is 10.1. The van der Waals surface area contributed by atoms with E-state index < -0.39 is 0 Å². The topological polar surface area (TPSA) is 82.2 Å². The number of hydrogen-bond acceptors (Lipinski definition) is 6. The molecule has 1 atom stereocenters. The lowest BCUT2D eigenvalue weighted by atomic mass is 10.2. The van der Waals surface area contributed by atoms with Crippen molar-refractivity contribution in [2.24, 2.45) is 0 Å². The van der Waals surface area contributed by atoms with Gasteiger partial charge in [-0.3, -0.25) is 4.79 Å². The lowest BCUT2D eigenvalue weighted by Crippen LogP contribution is -2.36. The van der Waals surface area contributed by atoms with Gasteiger partial charge in [-0.25, -0.2) is 0 Å². The summed E-state index contributed by atoms with van der Waals surface area (Å²) in [7, 11) is 0. The van der Waals surface area contributed by atoms with E-state index in [0.717, 1.165) is 30.3 Å². The summed E-state index contributed by atoms with van der Waals surface area (Å²) in [5.41, 5.74) is 6.79. The van der Waals surface area contributed by atoms with Crippen molar-refractivity contribution in [2.45, 2.75) is 25.5 Å². The van der Waals surface area contributed by atoms with E-state index in [1.54, 1.807) is 0 Å². The van der Waals surface area contributed by atoms with Gasteiger partial charge in [0.15, 0.2) is 0 Å². The molecule has 0 bridgehead atoms. The molecule has 5 nitrogen and oxygen atoms in total. The van der Waals surface area contributed by atoms with Gasteiger partial charge in [0, 0.05) is 30.6 Å². The van der Waals surface area contributed by atoms with Crippen LogP contribution in [-0.2, 0) is 0 Å². The predicted octanol–water partition coefficient (Wildman–Crippen LogP) is 2.28. The SMILES string of the molecule is CCCNC(=O)c1sc(N2CCSC(C)C2)c(C#N)c1N.